The van der Waals surface area contributed by atoms with Crippen LogP contribution in [0.4, 0.5) is 0 Å². The van der Waals surface area contributed by atoms with Gasteiger partial charge in [0.15, 0.2) is 11.6 Å². The molecule has 2 amide bonds. The highest BCUT2D eigenvalue weighted by Gasteiger charge is 2.33. The first-order valence-electron chi connectivity index (χ1n) is 7.17. The van der Waals surface area contributed by atoms with E-state index in [4.69, 9.17) is 5.11 Å². The smallest absolute Gasteiger partial charge is 0.335 e. The monoisotopic (exact) mass is 329 g/mol. The number of carboxylic acids is 1. The van der Waals surface area contributed by atoms with Gasteiger partial charge in [0.1, 0.15) is 0 Å². The summed E-state index contributed by atoms with van der Waals surface area (Å²) in [4.78, 5) is 58.4. The largest absolute Gasteiger partial charge is 0.478 e. The van der Waals surface area contributed by atoms with E-state index < -0.39 is 35.3 Å². The number of piperidine rings is 1. The first-order chi connectivity index (χ1) is 11.2. The standard InChI is InChI=1S/C17H15NO6/c1-8(11-5-6-14(20)18-16(11)22)15(21)12-4-3-10(17(23)24)7-13(12)9(2)19/h3-4,7,11H,1,5-6H2,2H3,(H,23,24)(H,18,20,22). The van der Waals surface area contributed by atoms with E-state index in [1.807, 2.05) is 0 Å². The molecule has 1 aromatic carbocycles. The Kier molecular flexibility index (Phi) is 4.73. The molecule has 124 valence electrons. The Morgan fingerprint density at radius 1 is 1.21 bits per heavy atom. The lowest BCUT2D eigenvalue weighted by atomic mass is 9.85. The van der Waals surface area contributed by atoms with Gasteiger partial charge in [-0.25, -0.2) is 4.79 Å². The van der Waals surface area contributed by atoms with Crippen LogP contribution < -0.4 is 5.32 Å². The number of rotatable bonds is 5. The molecule has 1 heterocycles. The molecule has 7 heteroatoms. The Morgan fingerprint density at radius 3 is 2.42 bits per heavy atom. The van der Waals surface area contributed by atoms with Gasteiger partial charge in [-0.1, -0.05) is 6.58 Å². The molecule has 1 fully saturated rings. The number of Topliss-reactive ketones (excluding diaryl/α,β-unsaturated/α-hetero) is 2. The minimum atomic E-state index is -1.22. The van der Waals surface area contributed by atoms with Crippen molar-refractivity contribution < 1.29 is 29.1 Å². The van der Waals surface area contributed by atoms with E-state index in [0.717, 1.165) is 6.07 Å². The molecule has 7 nitrogen and oxygen atoms in total. The first kappa shape index (κ1) is 17.3. The number of amides is 2. The van der Waals surface area contributed by atoms with Crippen molar-refractivity contribution in [2.45, 2.75) is 19.8 Å². The van der Waals surface area contributed by atoms with Gasteiger partial charge in [-0.15, -0.1) is 0 Å². The summed E-state index contributed by atoms with van der Waals surface area (Å²) in [7, 11) is 0. The van der Waals surface area contributed by atoms with E-state index in [1.165, 1.54) is 19.1 Å². The van der Waals surface area contributed by atoms with Crippen molar-refractivity contribution in [2.24, 2.45) is 5.92 Å². The van der Waals surface area contributed by atoms with Gasteiger partial charge in [-0.05, 0) is 31.5 Å². The molecule has 0 radical (unpaired) electrons. The molecule has 1 unspecified atom stereocenters. The summed E-state index contributed by atoms with van der Waals surface area (Å²) >= 11 is 0. The molecule has 1 aliphatic heterocycles. The van der Waals surface area contributed by atoms with Crippen LogP contribution in [0, 0.1) is 5.92 Å². The molecule has 2 rings (SSSR count). The van der Waals surface area contributed by atoms with Crippen molar-refractivity contribution in [3.05, 3.63) is 47.0 Å². The van der Waals surface area contributed by atoms with Crippen LogP contribution in [0.5, 0.6) is 0 Å². The van der Waals surface area contributed by atoms with Crippen LogP contribution in [0.1, 0.15) is 50.8 Å². The summed E-state index contributed by atoms with van der Waals surface area (Å²) in [6, 6.07) is 3.56. The maximum Gasteiger partial charge on any atom is 0.335 e. The van der Waals surface area contributed by atoms with Gasteiger partial charge in [-0.3, -0.25) is 24.5 Å². The summed E-state index contributed by atoms with van der Waals surface area (Å²) in [6.07, 6.45) is 0.262. The van der Waals surface area contributed by atoms with E-state index in [0.29, 0.717) is 0 Å². The number of aromatic carboxylic acids is 1. The number of benzene rings is 1. The fraction of sp³-hybridized carbons (Fsp3) is 0.235. The topological polar surface area (TPSA) is 118 Å². The van der Waals surface area contributed by atoms with E-state index in [-0.39, 0.29) is 35.1 Å². The summed E-state index contributed by atoms with van der Waals surface area (Å²) < 4.78 is 0. The molecule has 1 aliphatic rings. The van der Waals surface area contributed by atoms with E-state index in [2.05, 4.69) is 11.9 Å². The Hall–Kier alpha value is -3.09. The molecular weight excluding hydrogens is 314 g/mol. The van der Waals surface area contributed by atoms with Crippen molar-refractivity contribution in [2.75, 3.05) is 0 Å². The molecule has 24 heavy (non-hydrogen) atoms. The Labute approximate surface area is 137 Å². The molecule has 1 atom stereocenters. The minimum absolute atomic E-state index is 0.0119. The SMILES string of the molecule is C=C(C(=O)c1ccc(C(=O)O)cc1C(C)=O)C1CCC(=O)NC1=O. The molecule has 0 bridgehead atoms. The van der Waals surface area contributed by atoms with Crippen LogP contribution in [-0.2, 0) is 9.59 Å². The fourth-order valence-corrected chi connectivity index (χ4v) is 2.52. The highest BCUT2D eigenvalue weighted by Crippen LogP contribution is 2.25. The average Bonchev–Trinajstić information content (AvgIpc) is 2.52. The van der Waals surface area contributed by atoms with Gasteiger partial charge in [0.05, 0.1) is 11.5 Å². The molecular formula is C17H15NO6. The van der Waals surface area contributed by atoms with Gasteiger partial charge in [0.25, 0.3) is 0 Å². The number of carbonyl (C=O) groups excluding carboxylic acids is 4. The maximum absolute atomic E-state index is 12.6. The van der Waals surface area contributed by atoms with Gasteiger partial charge >= 0.3 is 5.97 Å². The van der Waals surface area contributed by atoms with Crippen LogP contribution in [-0.4, -0.2) is 34.5 Å². The zero-order chi connectivity index (χ0) is 18.0. The Morgan fingerprint density at radius 2 is 1.88 bits per heavy atom. The molecule has 1 aromatic rings. The highest BCUT2D eigenvalue weighted by atomic mass is 16.4. The lowest BCUT2D eigenvalue weighted by molar-refractivity contribution is -0.135. The van der Waals surface area contributed by atoms with Crippen LogP contribution in [0.3, 0.4) is 0 Å². The average molecular weight is 329 g/mol. The molecule has 2 N–H and O–H groups in total. The van der Waals surface area contributed by atoms with E-state index in [9.17, 15) is 24.0 Å². The summed E-state index contributed by atoms with van der Waals surface area (Å²) in [5, 5.41) is 11.1. The van der Waals surface area contributed by atoms with Gasteiger partial charge in [-0.2, -0.15) is 0 Å². The molecule has 0 aliphatic carbocycles. The van der Waals surface area contributed by atoms with Gasteiger partial charge in [0.2, 0.25) is 11.8 Å². The molecule has 0 spiro atoms. The second-order valence-corrected chi connectivity index (χ2v) is 5.48. The number of carboxylic acid groups (broad SMARTS) is 1. The van der Waals surface area contributed by atoms with Crippen molar-refractivity contribution in [1.82, 2.24) is 5.32 Å². The summed E-state index contributed by atoms with van der Waals surface area (Å²) in [5.74, 6) is -4.18. The first-order valence-corrected chi connectivity index (χ1v) is 7.17. The van der Waals surface area contributed by atoms with Crippen molar-refractivity contribution >= 4 is 29.4 Å². The third-order valence-corrected chi connectivity index (χ3v) is 3.84. The second kappa shape index (κ2) is 6.57. The van der Waals surface area contributed by atoms with Crippen LogP contribution in [0.25, 0.3) is 0 Å². The number of nitrogens with one attached hydrogen (secondary N) is 1. The molecule has 0 aromatic heterocycles. The second-order valence-electron chi connectivity index (χ2n) is 5.48. The number of hydrogen-bond acceptors (Lipinski definition) is 5. The van der Waals surface area contributed by atoms with Gasteiger partial charge in [0, 0.05) is 23.1 Å². The molecule has 0 saturated carbocycles. The van der Waals surface area contributed by atoms with Crippen molar-refractivity contribution in [3.63, 3.8) is 0 Å². The van der Waals surface area contributed by atoms with Crippen molar-refractivity contribution in [3.8, 4) is 0 Å². The third kappa shape index (κ3) is 3.29. The minimum Gasteiger partial charge on any atom is -0.478 e. The lowest BCUT2D eigenvalue weighted by Gasteiger charge is -2.22. The third-order valence-electron chi connectivity index (χ3n) is 3.84. The quantitative estimate of drug-likeness (QED) is 0.479. The van der Waals surface area contributed by atoms with Gasteiger partial charge < -0.3 is 5.11 Å². The number of carbonyl (C=O) groups is 5. The van der Waals surface area contributed by atoms with Crippen LogP contribution in [0.15, 0.2) is 30.4 Å². The van der Waals surface area contributed by atoms with Crippen molar-refractivity contribution in [1.29, 1.82) is 0 Å². The number of imide groups is 1. The predicted molar refractivity (Wildman–Crippen MR) is 82.8 cm³/mol. The Bertz CT molecular complexity index is 792. The zero-order valence-electron chi connectivity index (χ0n) is 12.9. The highest BCUT2D eigenvalue weighted by molar-refractivity contribution is 6.18. The Balaban J connectivity index is 2.37. The fourth-order valence-electron chi connectivity index (χ4n) is 2.52. The summed E-state index contributed by atoms with van der Waals surface area (Å²) in [5.41, 5.74) is -0.218. The molecule has 1 saturated heterocycles. The normalized spacial score (nSPS) is 17.1. The zero-order valence-corrected chi connectivity index (χ0v) is 12.9. The number of ketones is 2. The van der Waals surface area contributed by atoms with Crippen LogP contribution in [0.2, 0.25) is 0 Å². The summed E-state index contributed by atoms with van der Waals surface area (Å²) in [6.45, 7) is 4.85. The predicted octanol–water partition coefficient (Wildman–Crippen LogP) is 1.38. The van der Waals surface area contributed by atoms with Crippen LogP contribution >= 0.6 is 0 Å². The maximum atomic E-state index is 12.6. The van der Waals surface area contributed by atoms with E-state index in [1.54, 1.807) is 0 Å². The lowest BCUT2D eigenvalue weighted by Crippen LogP contribution is -2.42. The number of hydrogen-bond donors (Lipinski definition) is 2. The van der Waals surface area contributed by atoms with E-state index >= 15 is 0 Å².